The number of hydrazine groups is 1. The molecule has 0 spiro atoms. The highest BCUT2D eigenvalue weighted by atomic mass is 16.2. The van der Waals surface area contributed by atoms with E-state index in [2.05, 4.69) is 38.0 Å². The molecule has 1 heterocycles. The molecule has 1 atom stereocenters. The summed E-state index contributed by atoms with van der Waals surface area (Å²) >= 11 is 0. The van der Waals surface area contributed by atoms with Gasteiger partial charge in [-0.1, -0.05) is 34.1 Å². The first-order valence-electron chi connectivity index (χ1n) is 6.68. The Kier molecular flexibility index (Phi) is 4.95. The number of nitrogens with two attached hydrogens (primary N) is 1. The van der Waals surface area contributed by atoms with Crippen molar-refractivity contribution in [1.29, 1.82) is 0 Å². The molecule has 1 amide bonds. The van der Waals surface area contributed by atoms with Crippen molar-refractivity contribution in [3.63, 3.8) is 0 Å². The van der Waals surface area contributed by atoms with Gasteiger partial charge in [0.05, 0.1) is 6.04 Å². The zero-order valence-corrected chi connectivity index (χ0v) is 11.6. The molecule has 4 nitrogen and oxygen atoms in total. The van der Waals surface area contributed by atoms with Crippen LogP contribution in [-0.2, 0) is 4.79 Å². The molecule has 3 N–H and O–H groups in total. The number of rotatable bonds is 4. The normalized spacial score (nSPS) is 22.5. The minimum atomic E-state index is -0.0820. The first-order valence-corrected chi connectivity index (χ1v) is 6.68. The Morgan fingerprint density at radius 1 is 1.41 bits per heavy atom. The molecule has 1 fully saturated rings. The van der Waals surface area contributed by atoms with Crippen molar-refractivity contribution < 1.29 is 4.79 Å². The zero-order chi connectivity index (χ0) is 13.1. The number of carbonyl (C=O) groups is 1. The first kappa shape index (κ1) is 14.5. The summed E-state index contributed by atoms with van der Waals surface area (Å²) in [5.74, 6) is 5.51. The Hall–Kier alpha value is -0.610. The van der Waals surface area contributed by atoms with Crippen molar-refractivity contribution in [2.24, 2.45) is 17.2 Å². The largest absolute Gasteiger partial charge is 0.293 e. The van der Waals surface area contributed by atoms with Crippen molar-refractivity contribution in [2.45, 2.75) is 53.0 Å². The van der Waals surface area contributed by atoms with Gasteiger partial charge < -0.3 is 0 Å². The van der Waals surface area contributed by atoms with Crippen LogP contribution in [0.25, 0.3) is 0 Å². The second-order valence-corrected chi connectivity index (χ2v) is 5.90. The van der Waals surface area contributed by atoms with Gasteiger partial charge in [-0.3, -0.25) is 15.1 Å². The van der Waals surface area contributed by atoms with Gasteiger partial charge in [0.1, 0.15) is 0 Å². The van der Waals surface area contributed by atoms with Gasteiger partial charge in [-0.2, -0.15) is 0 Å². The number of likely N-dealkylation sites (tertiary alicyclic amines) is 1. The van der Waals surface area contributed by atoms with Crippen LogP contribution < -0.4 is 11.3 Å². The van der Waals surface area contributed by atoms with Crippen LogP contribution in [0, 0.1) is 11.3 Å². The van der Waals surface area contributed by atoms with Crippen LogP contribution in [-0.4, -0.2) is 29.9 Å². The summed E-state index contributed by atoms with van der Waals surface area (Å²) in [6.45, 7) is 10.8. The number of hydrogen-bond acceptors (Lipinski definition) is 3. The van der Waals surface area contributed by atoms with Gasteiger partial charge in [0, 0.05) is 0 Å². The van der Waals surface area contributed by atoms with Crippen molar-refractivity contribution in [3.05, 3.63) is 0 Å². The predicted molar refractivity (Wildman–Crippen MR) is 70.2 cm³/mol. The lowest BCUT2D eigenvalue weighted by Crippen LogP contribution is -2.54. The van der Waals surface area contributed by atoms with E-state index in [4.69, 9.17) is 5.84 Å². The maximum atomic E-state index is 11.8. The van der Waals surface area contributed by atoms with Crippen LogP contribution >= 0.6 is 0 Å². The minimum Gasteiger partial charge on any atom is -0.293 e. The number of piperidine rings is 1. The molecule has 0 aromatic heterocycles. The Bertz CT molecular complexity index is 257. The SMILES string of the molecule is CCC1(C)CCN(C(C(=O)NN)C(C)C)CC1. The second-order valence-electron chi connectivity index (χ2n) is 5.90. The highest BCUT2D eigenvalue weighted by Crippen LogP contribution is 2.35. The maximum Gasteiger partial charge on any atom is 0.251 e. The highest BCUT2D eigenvalue weighted by molar-refractivity contribution is 5.81. The molecule has 0 aromatic carbocycles. The van der Waals surface area contributed by atoms with E-state index in [1.54, 1.807) is 0 Å². The van der Waals surface area contributed by atoms with Gasteiger partial charge in [-0.05, 0) is 37.3 Å². The number of hydrogen-bond donors (Lipinski definition) is 2. The van der Waals surface area contributed by atoms with Crippen molar-refractivity contribution >= 4 is 5.91 Å². The number of carbonyl (C=O) groups excluding carboxylic acids is 1. The van der Waals surface area contributed by atoms with E-state index in [9.17, 15) is 4.79 Å². The third-order valence-corrected chi connectivity index (χ3v) is 4.29. The monoisotopic (exact) mass is 241 g/mol. The fourth-order valence-electron chi connectivity index (χ4n) is 2.67. The molecular weight excluding hydrogens is 214 g/mol. The van der Waals surface area contributed by atoms with Crippen molar-refractivity contribution in [1.82, 2.24) is 10.3 Å². The fourth-order valence-corrected chi connectivity index (χ4v) is 2.67. The molecule has 0 aliphatic carbocycles. The molecule has 100 valence electrons. The van der Waals surface area contributed by atoms with Gasteiger partial charge in [0.2, 0.25) is 0 Å². The highest BCUT2D eigenvalue weighted by Gasteiger charge is 2.35. The average molecular weight is 241 g/mol. The van der Waals surface area contributed by atoms with E-state index in [-0.39, 0.29) is 11.9 Å². The van der Waals surface area contributed by atoms with E-state index in [0.29, 0.717) is 11.3 Å². The van der Waals surface area contributed by atoms with Crippen LogP contribution in [0.3, 0.4) is 0 Å². The zero-order valence-electron chi connectivity index (χ0n) is 11.6. The van der Waals surface area contributed by atoms with E-state index in [1.807, 2.05) is 0 Å². The molecular formula is C13H27N3O. The van der Waals surface area contributed by atoms with Gasteiger partial charge in [0.15, 0.2) is 0 Å². The average Bonchev–Trinajstić information content (AvgIpc) is 2.31. The standard InChI is InChI=1S/C13H27N3O/c1-5-13(4)6-8-16(9-7-13)11(10(2)3)12(17)15-14/h10-11H,5-9,14H2,1-4H3,(H,15,17). The van der Waals surface area contributed by atoms with Crippen LogP contribution in [0.1, 0.15) is 47.0 Å². The molecule has 1 unspecified atom stereocenters. The van der Waals surface area contributed by atoms with Crippen LogP contribution in [0.2, 0.25) is 0 Å². The van der Waals surface area contributed by atoms with Crippen LogP contribution in [0.15, 0.2) is 0 Å². The summed E-state index contributed by atoms with van der Waals surface area (Å²) < 4.78 is 0. The van der Waals surface area contributed by atoms with Crippen molar-refractivity contribution in [2.75, 3.05) is 13.1 Å². The lowest BCUT2D eigenvalue weighted by molar-refractivity contribution is -0.129. The van der Waals surface area contributed by atoms with Gasteiger partial charge >= 0.3 is 0 Å². The first-order chi connectivity index (χ1) is 7.93. The van der Waals surface area contributed by atoms with Crippen LogP contribution in [0.5, 0.6) is 0 Å². The third-order valence-electron chi connectivity index (χ3n) is 4.29. The van der Waals surface area contributed by atoms with E-state index >= 15 is 0 Å². The molecule has 17 heavy (non-hydrogen) atoms. The topological polar surface area (TPSA) is 58.4 Å². The van der Waals surface area contributed by atoms with E-state index < -0.39 is 0 Å². The Morgan fingerprint density at radius 3 is 2.29 bits per heavy atom. The smallest absolute Gasteiger partial charge is 0.251 e. The summed E-state index contributed by atoms with van der Waals surface area (Å²) in [6.07, 6.45) is 3.56. The fraction of sp³-hybridized carbons (Fsp3) is 0.923. The lowest BCUT2D eigenvalue weighted by Gasteiger charge is -2.42. The Morgan fingerprint density at radius 2 is 1.94 bits per heavy atom. The molecule has 1 aliphatic heterocycles. The maximum absolute atomic E-state index is 11.8. The predicted octanol–water partition coefficient (Wildman–Crippen LogP) is 1.51. The Balaban J connectivity index is 2.64. The van der Waals surface area contributed by atoms with E-state index in [0.717, 1.165) is 13.1 Å². The molecule has 1 aliphatic rings. The summed E-state index contributed by atoms with van der Waals surface area (Å²) in [5.41, 5.74) is 2.75. The minimum absolute atomic E-state index is 0.0555. The number of amides is 1. The molecule has 1 saturated heterocycles. The van der Waals surface area contributed by atoms with Gasteiger partial charge in [0.25, 0.3) is 5.91 Å². The van der Waals surface area contributed by atoms with E-state index in [1.165, 1.54) is 19.3 Å². The Labute approximate surface area is 105 Å². The quantitative estimate of drug-likeness (QED) is 0.445. The lowest BCUT2D eigenvalue weighted by atomic mass is 9.77. The van der Waals surface area contributed by atoms with Gasteiger partial charge in [-0.25, -0.2) is 5.84 Å². The van der Waals surface area contributed by atoms with Crippen molar-refractivity contribution in [3.8, 4) is 0 Å². The second kappa shape index (κ2) is 5.83. The number of nitrogens with one attached hydrogen (secondary N) is 1. The third kappa shape index (κ3) is 3.42. The number of nitrogens with zero attached hydrogens (tertiary/aromatic N) is 1. The van der Waals surface area contributed by atoms with Gasteiger partial charge in [-0.15, -0.1) is 0 Å². The molecule has 0 radical (unpaired) electrons. The molecule has 0 bridgehead atoms. The van der Waals surface area contributed by atoms with Crippen LogP contribution in [0.4, 0.5) is 0 Å². The molecule has 0 saturated carbocycles. The molecule has 1 rings (SSSR count). The summed E-state index contributed by atoms with van der Waals surface area (Å²) in [5, 5.41) is 0. The molecule has 4 heteroatoms. The summed E-state index contributed by atoms with van der Waals surface area (Å²) in [7, 11) is 0. The summed E-state index contributed by atoms with van der Waals surface area (Å²) in [4.78, 5) is 14.1. The summed E-state index contributed by atoms with van der Waals surface area (Å²) in [6, 6.07) is -0.0820. The molecule has 0 aromatic rings.